The van der Waals surface area contributed by atoms with Crippen LogP contribution in [-0.4, -0.2) is 43.5 Å². The van der Waals surface area contributed by atoms with Crippen molar-refractivity contribution in [2.45, 2.75) is 36.7 Å². The largest absolute Gasteiger partial charge is 0.379 e. The molecular weight excluding hydrogens is 268 g/mol. The van der Waals surface area contributed by atoms with E-state index in [-0.39, 0.29) is 4.90 Å². The van der Waals surface area contributed by atoms with E-state index in [4.69, 9.17) is 10.5 Å². The molecule has 1 unspecified atom stereocenters. The fourth-order valence-corrected chi connectivity index (χ4v) is 3.36. The maximum Gasteiger partial charge on any atom is 0.244 e. The molecule has 0 saturated carbocycles. The normalized spacial score (nSPS) is 23.9. The third kappa shape index (κ3) is 3.53. The van der Waals surface area contributed by atoms with Crippen molar-refractivity contribution in [3.05, 3.63) is 12.4 Å². The molecule has 0 bridgehead atoms. The average Bonchev–Trinajstić information content (AvgIpc) is 2.95. The minimum Gasteiger partial charge on any atom is -0.379 e. The number of nitrogens with two attached hydrogens (primary N) is 1. The summed E-state index contributed by atoms with van der Waals surface area (Å²) in [6.45, 7) is 3.99. The zero-order valence-electron chi connectivity index (χ0n) is 11.0. The molecule has 0 radical (unpaired) electrons. The quantitative estimate of drug-likeness (QED) is 0.748. The Kier molecular flexibility index (Phi) is 4.24. The molecule has 1 atom stereocenters. The first-order valence-electron chi connectivity index (χ1n) is 6.29. The maximum atomic E-state index is 12.2. The molecule has 0 aromatic carbocycles. The Bertz CT molecular complexity index is 520. The summed E-state index contributed by atoms with van der Waals surface area (Å²) in [4.78, 5) is 0.178. The molecule has 1 aliphatic heterocycles. The number of nitrogens with zero attached hydrogens (tertiary/aromatic N) is 2. The molecule has 1 aliphatic rings. The SMILES string of the molecule is CC1(NS(=O)(=O)c2cnn(CCCN)c2)CCOC1. The van der Waals surface area contributed by atoms with Gasteiger partial charge >= 0.3 is 0 Å². The molecule has 1 aromatic rings. The van der Waals surface area contributed by atoms with Crippen molar-refractivity contribution in [2.24, 2.45) is 5.73 Å². The van der Waals surface area contributed by atoms with Crippen LogP contribution in [0.25, 0.3) is 0 Å². The number of sulfonamides is 1. The predicted octanol–water partition coefficient (Wildman–Crippen LogP) is -0.311. The Morgan fingerprint density at radius 1 is 1.63 bits per heavy atom. The van der Waals surface area contributed by atoms with Crippen LogP contribution < -0.4 is 10.5 Å². The molecule has 8 heteroatoms. The van der Waals surface area contributed by atoms with Gasteiger partial charge in [0, 0.05) is 19.3 Å². The molecule has 108 valence electrons. The van der Waals surface area contributed by atoms with Crippen LogP contribution >= 0.6 is 0 Å². The van der Waals surface area contributed by atoms with Crippen LogP contribution in [0.4, 0.5) is 0 Å². The molecule has 0 amide bonds. The van der Waals surface area contributed by atoms with Gasteiger partial charge in [-0.1, -0.05) is 0 Å². The summed E-state index contributed by atoms with van der Waals surface area (Å²) in [5.74, 6) is 0. The summed E-state index contributed by atoms with van der Waals surface area (Å²) < 4.78 is 34.0. The highest BCUT2D eigenvalue weighted by Gasteiger charge is 2.35. The molecule has 1 saturated heterocycles. The van der Waals surface area contributed by atoms with Crippen LogP contribution in [0.1, 0.15) is 19.8 Å². The van der Waals surface area contributed by atoms with Gasteiger partial charge in [-0.05, 0) is 26.3 Å². The van der Waals surface area contributed by atoms with Gasteiger partial charge in [-0.25, -0.2) is 13.1 Å². The molecule has 0 aliphatic carbocycles. The molecule has 0 spiro atoms. The van der Waals surface area contributed by atoms with Crippen LogP contribution in [0, 0.1) is 0 Å². The zero-order valence-corrected chi connectivity index (χ0v) is 11.8. The lowest BCUT2D eigenvalue weighted by molar-refractivity contribution is 0.178. The van der Waals surface area contributed by atoms with Gasteiger partial charge in [0.25, 0.3) is 0 Å². The monoisotopic (exact) mass is 288 g/mol. The Morgan fingerprint density at radius 3 is 3.05 bits per heavy atom. The van der Waals surface area contributed by atoms with Gasteiger partial charge in [0.2, 0.25) is 10.0 Å². The summed E-state index contributed by atoms with van der Waals surface area (Å²) in [6.07, 6.45) is 4.32. The first kappa shape index (κ1) is 14.4. The molecule has 1 fully saturated rings. The van der Waals surface area contributed by atoms with E-state index in [1.807, 2.05) is 6.92 Å². The lowest BCUT2D eigenvalue weighted by Gasteiger charge is -2.22. The van der Waals surface area contributed by atoms with E-state index in [1.165, 1.54) is 12.4 Å². The second kappa shape index (κ2) is 5.58. The van der Waals surface area contributed by atoms with Crippen LogP contribution in [0.5, 0.6) is 0 Å². The Balaban J connectivity index is 2.08. The van der Waals surface area contributed by atoms with E-state index in [0.717, 1.165) is 6.42 Å². The molecular formula is C11H20N4O3S. The lowest BCUT2D eigenvalue weighted by Crippen LogP contribution is -2.46. The van der Waals surface area contributed by atoms with E-state index in [0.29, 0.717) is 32.7 Å². The molecule has 2 heterocycles. The second-order valence-corrected chi connectivity index (χ2v) is 6.73. The minimum absolute atomic E-state index is 0.178. The third-order valence-corrected chi connectivity index (χ3v) is 4.70. The fourth-order valence-electron chi connectivity index (χ4n) is 1.99. The van der Waals surface area contributed by atoms with E-state index in [9.17, 15) is 8.42 Å². The number of aromatic nitrogens is 2. The summed E-state index contributed by atoms with van der Waals surface area (Å²) in [7, 11) is -3.55. The molecule has 2 rings (SSSR count). The average molecular weight is 288 g/mol. The van der Waals surface area contributed by atoms with Crippen molar-refractivity contribution in [3.63, 3.8) is 0 Å². The number of hydrogen-bond donors (Lipinski definition) is 2. The van der Waals surface area contributed by atoms with E-state index < -0.39 is 15.6 Å². The topological polar surface area (TPSA) is 99.2 Å². The maximum absolute atomic E-state index is 12.2. The summed E-state index contributed by atoms with van der Waals surface area (Å²) in [6, 6.07) is 0. The molecule has 19 heavy (non-hydrogen) atoms. The number of ether oxygens (including phenoxy) is 1. The standard InChI is InChI=1S/C11H20N4O3S/c1-11(3-6-18-9-11)14-19(16,17)10-7-13-15(8-10)5-2-4-12/h7-8,14H,2-6,9,12H2,1H3. The van der Waals surface area contributed by atoms with Gasteiger partial charge in [0.1, 0.15) is 4.90 Å². The predicted molar refractivity (Wildman–Crippen MR) is 70.1 cm³/mol. The number of rotatable bonds is 6. The van der Waals surface area contributed by atoms with Crippen LogP contribution in [0.2, 0.25) is 0 Å². The van der Waals surface area contributed by atoms with Crippen LogP contribution in [0.3, 0.4) is 0 Å². The highest BCUT2D eigenvalue weighted by atomic mass is 32.2. The molecule has 7 nitrogen and oxygen atoms in total. The van der Waals surface area contributed by atoms with Gasteiger partial charge in [-0.15, -0.1) is 0 Å². The van der Waals surface area contributed by atoms with Gasteiger partial charge in [-0.2, -0.15) is 5.10 Å². The Morgan fingerprint density at radius 2 is 2.42 bits per heavy atom. The Hall–Kier alpha value is -0.960. The first-order chi connectivity index (χ1) is 8.95. The summed E-state index contributed by atoms with van der Waals surface area (Å²) >= 11 is 0. The van der Waals surface area contributed by atoms with Crippen molar-refractivity contribution < 1.29 is 13.2 Å². The Labute approximate surface area is 113 Å². The van der Waals surface area contributed by atoms with Gasteiger partial charge < -0.3 is 10.5 Å². The van der Waals surface area contributed by atoms with Gasteiger partial charge in [0.05, 0.1) is 18.3 Å². The van der Waals surface area contributed by atoms with Crippen molar-refractivity contribution in [1.82, 2.24) is 14.5 Å². The lowest BCUT2D eigenvalue weighted by atomic mass is 10.0. The summed E-state index contributed by atoms with van der Waals surface area (Å²) in [5.41, 5.74) is 4.88. The second-order valence-electron chi connectivity index (χ2n) is 5.05. The minimum atomic E-state index is -3.55. The number of hydrogen-bond acceptors (Lipinski definition) is 5. The number of aryl methyl sites for hydroxylation is 1. The van der Waals surface area contributed by atoms with E-state index in [2.05, 4.69) is 9.82 Å². The molecule has 3 N–H and O–H groups in total. The van der Waals surface area contributed by atoms with E-state index >= 15 is 0 Å². The first-order valence-corrected chi connectivity index (χ1v) is 7.78. The number of nitrogens with one attached hydrogen (secondary N) is 1. The van der Waals surface area contributed by atoms with Crippen molar-refractivity contribution >= 4 is 10.0 Å². The van der Waals surface area contributed by atoms with Crippen molar-refractivity contribution in [1.29, 1.82) is 0 Å². The van der Waals surface area contributed by atoms with Crippen LogP contribution in [0.15, 0.2) is 17.3 Å². The third-order valence-electron chi connectivity index (χ3n) is 3.11. The fraction of sp³-hybridized carbons (Fsp3) is 0.727. The van der Waals surface area contributed by atoms with Gasteiger partial charge in [-0.3, -0.25) is 4.68 Å². The highest BCUT2D eigenvalue weighted by molar-refractivity contribution is 7.89. The zero-order chi connectivity index (χ0) is 13.9. The smallest absolute Gasteiger partial charge is 0.244 e. The van der Waals surface area contributed by atoms with Crippen LogP contribution in [-0.2, 0) is 21.3 Å². The van der Waals surface area contributed by atoms with Crippen molar-refractivity contribution in [2.75, 3.05) is 19.8 Å². The summed E-state index contributed by atoms with van der Waals surface area (Å²) in [5, 5.41) is 4.03. The van der Waals surface area contributed by atoms with E-state index in [1.54, 1.807) is 4.68 Å². The molecule has 1 aromatic heterocycles. The highest BCUT2D eigenvalue weighted by Crippen LogP contribution is 2.21. The van der Waals surface area contributed by atoms with Gasteiger partial charge in [0.15, 0.2) is 0 Å². The van der Waals surface area contributed by atoms with Crippen molar-refractivity contribution in [3.8, 4) is 0 Å².